The molecule has 1 aliphatic heterocycles. The van der Waals surface area contributed by atoms with Crippen LogP contribution in [0.3, 0.4) is 0 Å². The Balaban J connectivity index is 1.59. The highest BCUT2D eigenvalue weighted by Gasteiger charge is 2.28. The van der Waals surface area contributed by atoms with Crippen LogP contribution in [-0.2, 0) is 16.1 Å². The predicted octanol–water partition coefficient (Wildman–Crippen LogP) is 5.49. The number of hydrogen-bond donors (Lipinski definition) is 1. The average Bonchev–Trinajstić information content (AvgIpc) is 2.98. The van der Waals surface area contributed by atoms with Crippen molar-refractivity contribution >= 4 is 17.5 Å². The molecule has 0 spiro atoms. The first-order valence-corrected chi connectivity index (χ1v) is 14.4. The summed E-state index contributed by atoms with van der Waals surface area (Å²) in [6.45, 7) is 8.62. The van der Waals surface area contributed by atoms with Crippen molar-refractivity contribution in [1.29, 1.82) is 0 Å². The molecule has 1 aromatic heterocycles. The normalized spacial score (nSPS) is 20.4. The number of fused-ring (bicyclic) bond motifs is 1. The van der Waals surface area contributed by atoms with E-state index in [-0.39, 0.29) is 29.9 Å². The Hall–Kier alpha value is -3.75. The van der Waals surface area contributed by atoms with Gasteiger partial charge in [-0.25, -0.2) is 0 Å². The number of methoxy groups -OCH3 is 1. The van der Waals surface area contributed by atoms with Crippen molar-refractivity contribution in [3.63, 3.8) is 0 Å². The summed E-state index contributed by atoms with van der Waals surface area (Å²) in [5, 5.41) is 2.92. The minimum atomic E-state index is -0.140. The van der Waals surface area contributed by atoms with Crippen LogP contribution in [0.1, 0.15) is 49.5 Å². The molecule has 0 aliphatic carbocycles. The topological polar surface area (TPSA) is 84.0 Å². The first kappa shape index (κ1) is 30.2. The smallest absolute Gasteiger partial charge is 0.257 e. The molecule has 2 amide bonds. The van der Waals surface area contributed by atoms with Crippen molar-refractivity contribution in [2.24, 2.45) is 5.92 Å². The number of ether oxygens (including phenoxy) is 2. The maximum atomic E-state index is 13.5. The summed E-state index contributed by atoms with van der Waals surface area (Å²) in [5.74, 6) is 0.430. The zero-order chi connectivity index (χ0) is 29.4. The molecule has 0 bridgehead atoms. The molecule has 2 aromatic carbocycles. The van der Waals surface area contributed by atoms with E-state index in [0.29, 0.717) is 36.6 Å². The van der Waals surface area contributed by atoms with Gasteiger partial charge in [0, 0.05) is 69.8 Å². The van der Waals surface area contributed by atoms with Crippen LogP contribution in [0.2, 0.25) is 0 Å². The Bertz CT molecular complexity index is 1300. The van der Waals surface area contributed by atoms with Crippen LogP contribution in [0.25, 0.3) is 11.3 Å². The molecule has 218 valence electrons. The van der Waals surface area contributed by atoms with Crippen molar-refractivity contribution in [1.82, 2.24) is 14.8 Å². The van der Waals surface area contributed by atoms with E-state index in [1.807, 2.05) is 25.1 Å². The zero-order valence-electron chi connectivity index (χ0n) is 24.8. The zero-order valence-corrected chi connectivity index (χ0v) is 24.8. The third-order valence-corrected chi connectivity index (χ3v) is 7.64. The van der Waals surface area contributed by atoms with Gasteiger partial charge in [0.15, 0.2) is 0 Å². The SMILES string of the molecule is CCCC(=O)Nc1ccc2c(c1)OC[C@@H](C)N(Cc1ccc(-c3ccccn3)cc1)C[C@@H](C)[C@H](OC)CN(C)C2=O. The number of benzene rings is 2. The van der Waals surface area contributed by atoms with Crippen molar-refractivity contribution in [2.75, 3.05) is 39.2 Å². The number of carbonyl (C=O) groups is 2. The molecule has 3 atom stereocenters. The van der Waals surface area contributed by atoms with E-state index in [9.17, 15) is 9.59 Å². The first-order valence-electron chi connectivity index (χ1n) is 14.4. The second kappa shape index (κ2) is 14.2. The molecule has 8 nitrogen and oxygen atoms in total. The number of hydrogen-bond acceptors (Lipinski definition) is 6. The summed E-state index contributed by atoms with van der Waals surface area (Å²) in [6, 6.07) is 19.7. The fourth-order valence-electron chi connectivity index (χ4n) is 5.14. The van der Waals surface area contributed by atoms with E-state index in [1.165, 1.54) is 5.56 Å². The van der Waals surface area contributed by atoms with Gasteiger partial charge in [0.05, 0.1) is 17.4 Å². The van der Waals surface area contributed by atoms with Crippen LogP contribution in [-0.4, -0.2) is 72.6 Å². The van der Waals surface area contributed by atoms with Crippen LogP contribution >= 0.6 is 0 Å². The van der Waals surface area contributed by atoms with Gasteiger partial charge in [-0.3, -0.25) is 19.5 Å². The van der Waals surface area contributed by atoms with Gasteiger partial charge in [-0.2, -0.15) is 0 Å². The minimum absolute atomic E-state index is 0.0452. The van der Waals surface area contributed by atoms with E-state index in [0.717, 1.165) is 30.8 Å². The Morgan fingerprint density at radius 3 is 2.56 bits per heavy atom. The van der Waals surface area contributed by atoms with Crippen molar-refractivity contribution in [2.45, 2.75) is 52.3 Å². The number of carbonyl (C=O) groups excluding carboxylic acids is 2. The van der Waals surface area contributed by atoms with Crippen molar-refractivity contribution in [3.8, 4) is 17.0 Å². The van der Waals surface area contributed by atoms with E-state index in [2.05, 4.69) is 53.3 Å². The number of pyridine rings is 1. The van der Waals surface area contributed by atoms with Crippen molar-refractivity contribution in [3.05, 3.63) is 78.0 Å². The highest BCUT2D eigenvalue weighted by atomic mass is 16.5. The third kappa shape index (κ3) is 7.93. The first-order chi connectivity index (χ1) is 19.8. The maximum absolute atomic E-state index is 13.5. The largest absolute Gasteiger partial charge is 0.491 e. The van der Waals surface area contributed by atoms with Gasteiger partial charge in [0.1, 0.15) is 12.4 Å². The summed E-state index contributed by atoms with van der Waals surface area (Å²) >= 11 is 0. The van der Waals surface area contributed by atoms with Gasteiger partial charge < -0.3 is 19.7 Å². The molecule has 0 saturated carbocycles. The van der Waals surface area contributed by atoms with Gasteiger partial charge in [-0.05, 0) is 49.1 Å². The molecule has 8 heteroatoms. The highest BCUT2D eigenvalue weighted by Crippen LogP contribution is 2.27. The van der Waals surface area contributed by atoms with Crippen LogP contribution in [0.5, 0.6) is 5.75 Å². The van der Waals surface area contributed by atoms with E-state index >= 15 is 0 Å². The lowest BCUT2D eigenvalue weighted by molar-refractivity contribution is -0.116. The molecular formula is C33H42N4O4. The summed E-state index contributed by atoms with van der Waals surface area (Å²) in [7, 11) is 3.49. The number of nitrogens with one attached hydrogen (secondary N) is 1. The lowest BCUT2D eigenvalue weighted by atomic mass is 10.0. The second-order valence-corrected chi connectivity index (χ2v) is 10.9. The van der Waals surface area contributed by atoms with Crippen LogP contribution in [0, 0.1) is 5.92 Å². The molecule has 2 heterocycles. The molecular weight excluding hydrogens is 516 g/mol. The summed E-state index contributed by atoms with van der Waals surface area (Å²) in [4.78, 5) is 34.2. The van der Waals surface area contributed by atoms with Crippen LogP contribution in [0.15, 0.2) is 66.9 Å². The Labute approximate surface area is 243 Å². The lowest BCUT2D eigenvalue weighted by Crippen LogP contribution is -2.46. The number of rotatable bonds is 7. The number of likely N-dealkylation sites (N-methyl/N-ethyl adjacent to an activating group) is 1. The second-order valence-electron chi connectivity index (χ2n) is 10.9. The summed E-state index contributed by atoms with van der Waals surface area (Å²) in [6.07, 6.45) is 2.86. The third-order valence-electron chi connectivity index (χ3n) is 7.64. The Kier molecular flexibility index (Phi) is 10.5. The molecule has 0 unspecified atom stereocenters. The van der Waals surface area contributed by atoms with Gasteiger partial charge in [-0.15, -0.1) is 0 Å². The monoisotopic (exact) mass is 558 g/mol. The predicted molar refractivity (Wildman–Crippen MR) is 162 cm³/mol. The molecule has 3 aromatic rings. The number of aromatic nitrogens is 1. The van der Waals surface area contributed by atoms with Crippen LogP contribution < -0.4 is 10.1 Å². The van der Waals surface area contributed by atoms with E-state index in [1.54, 1.807) is 43.5 Å². The van der Waals surface area contributed by atoms with Gasteiger partial charge >= 0.3 is 0 Å². The number of amides is 2. The van der Waals surface area contributed by atoms with Gasteiger partial charge in [0.25, 0.3) is 5.91 Å². The Morgan fingerprint density at radius 1 is 1.10 bits per heavy atom. The Morgan fingerprint density at radius 2 is 1.88 bits per heavy atom. The van der Waals surface area contributed by atoms with Crippen LogP contribution in [0.4, 0.5) is 5.69 Å². The summed E-state index contributed by atoms with van der Waals surface area (Å²) < 4.78 is 12.2. The minimum Gasteiger partial charge on any atom is -0.491 e. The number of nitrogens with zero attached hydrogens (tertiary/aromatic N) is 3. The molecule has 4 rings (SSSR count). The fraction of sp³-hybridized carbons (Fsp3) is 0.424. The molecule has 0 saturated heterocycles. The van der Waals surface area contributed by atoms with E-state index < -0.39 is 0 Å². The molecule has 0 radical (unpaired) electrons. The quantitative estimate of drug-likeness (QED) is 0.413. The molecule has 41 heavy (non-hydrogen) atoms. The number of anilines is 1. The molecule has 1 aliphatic rings. The molecule has 1 N–H and O–H groups in total. The standard InChI is InChI=1S/C33H42N4O4/c1-6-9-32(38)35-27-15-16-28-30(18-27)41-22-24(3)37(19-23(2)31(40-5)21-36(4)33(28)39)20-25-11-13-26(14-12-25)29-10-7-8-17-34-29/h7-8,10-18,23-24,31H,6,9,19-22H2,1-5H3,(H,35,38)/t23-,24-,31-/m1/s1. The molecule has 0 fully saturated rings. The van der Waals surface area contributed by atoms with Gasteiger partial charge in [0.2, 0.25) is 5.91 Å². The average molecular weight is 559 g/mol. The maximum Gasteiger partial charge on any atom is 0.257 e. The fourth-order valence-corrected chi connectivity index (χ4v) is 5.14. The van der Waals surface area contributed by atoms with Crippen molar-refractivity contribution < 1.29 is 19.1 Å². The highest BCUT2D eigenvalue weighted by molar-refractivity contribution is 5.98. The van der Waals surface area contributed by atoms with E-state index in [4.69, 9.17) is 9.47 Å². The summed E-state index contributed by atoms with van der Waals surface area (Å²) in [5.41, 5.74) is 4.31. The lowest BCUT2D eigenvalue weighted by Gasteiger charge is -2.36. The van der Waals surface area contributed by atoms with Gasteiger partial charge in [-0.1, -0.05) is 44.2 Å².